The van der Waals surface area contributed by atoms with Gasteiger partial charge in [-0.1, -0.05) is 5.92 Å². The van der Waals surface area contributed by atoms with Gasteiger partial charge in [0.1, 0.15) is 6.33 Å². The molecule has 0 radical (unpaired) electrons. The van der Waals surface area contributed by atoms with Crippen molar-refractivity contribution in [1.29, 1.82) is 0 Å². The van der Waals surface area contributed by atoms with Crippen molar-refractivity contribution >= 4 is 5.91 Å². The molecule has 0 aliphatic rings. The maximum atomic E-state index is 13.0. The molecule has 0 N–H and O–H groups in total. The minimum absolute atomic E-state index is 0.121. The Kier molecular flexibility index (Phi) is 4.99. The minimum Gasteiger partial charge on any atom is -0.317 e. The fourth-order valence-electron chi connectivity index (χ4n) is 2.55. The van der Waals surface area contributed by atoms with Crippen LogP contribution in [-0.2, 0) is 0 Å². The van der Waals surface area contributed by atoms with E-state index in [1.54, 1.807) is 35.6 Å². The minimum atomic E-state index is -0.439. The van der Waals surface area contributed by atoms with Crippen molar-refractivity contribution in [2.45, 2.75) is 19.9 Å². The number of carbonyl (C=O) groups is 1. The predicted molar refractivity (Wildman–Crippen MR) is 94.2 cm³/mol. The van der Waals surface area contributed by atoms with Crippen LogP contribution in [0.3, 0.4) is 0 Å². The van der Waals surface area contributed by atoms with Crippen molar-refractivity contribution < 1.29 is 4.79 Å². The molecular weight excluding hydrogens is 330 g/mol. The predicted octanol–water partition coefficient (Wildman–Crippen LogP) is 1.60. The average molecular weight is 347 g/mol. The molecule has 3 aromatic rings. The Morgan fingerprint density at radius 1 is 1.31 bits per heavy atom. The van der Waals surface area contributed by atoms with Gasteiger partial charge in [-0.25, -0.2) is 15.0 Å². The van der Waals surface area contributed by atoms with Gasteiger partial charge in [0, 0.05) is 24.8 Å². The topological polar surface area (TPSA) is 89.7 Å². The summed E-state index contributed by atoms with van der Waals surface area (Å²) >= 11 is 0. The van der Waals surface area contributed by atoms with Crippen molar-refractivity contribution in [3.63, 3.8) is 0 Å². The van der Waals surface area contributed by atoms with Gasteiger partial charge in [0.25, 0.3) is 11.9 Å². The Morgan fingerprint density at radius 2 is 2.08 bits per heavy atom. The van der Waals surface area contributed by atoms with Crippen LogP contribution >= 0.6 is 0 Å². The highest BCUT2D eigenvalue weighted by Crippen LogP contribution is 2.21. The number of nitrogens with zero attached hydrogens (tertiary/aromatic N) is 7. The lowest BCUT2D eigenvalue weighted by molar-refractivity contribution is 0.0709. The number of hydrogen-bond donors (Lipinski definition) is 0. The van der Waals surface area contributed by atoms with Gasteiger partial charge < -0.3 is 4.90 Å². The molecule has 1 atom stereocenters. The van der Waals surface area contributed by atoms with E-state index in [-0.39, 0.29) is 12.5 Å². The van der Waals surface area contributed by atoms with E-state index in [1.807, 2.05) is 13.8 Å². The largest absolute Gasteiger partial charge is 0.317 e. The zero-order valence-corrected chi connectivity index (χ0v) is 14.4. The van der Waals surface area contributed by atoms with Crippen molar-refractivity contribution in [3.05, 3.63) is 60.2 Å². The van der Waals surface area contributed by atoms with E-state index in [2.05, 4.69) is 31.0 Å². The fraction of sp³-hybridized carbons (Fsp3) is 0.222. The summed E-state index contributed by atoms with van der Waals surface area (Å²) in [5.74, 6) is 3.19. The molecule has 0 saturated carbocycles. The normalized spacial score (nSPS) is 11.6. The number of hydrogen-bond acceptors (Lipinski definition) is 6. The molecule has 130 valence electrons. The summed E-state index contributed by atoms with van der Waals surface area (Å²) in [6.07, 6.45) is 13.3. The average Bonchev–Trinajstić information content (AvgIpc) is 3.15. The number of carbonyl (C=O) groups excluding carboxylic acids is 1. The number of aryl methyl sites for hydroxylation is 1. The highest BCUT2D eigenvalue weighted by Gasteiger charge is 2.27. The molecule has 0 fully saturated rings. The summed E-state index contributed by atoms with van der Waals surface area (Å²) in [6.45, 7) is 3.83. The van der Waals surface area contributed by atoms with Gasteiger partial charge in [-0.2, -0.15) is 9.78 Å². The summed E-state index contributed by atoms with van der Waals surface area (Å²) in [6, 6.07) is 3.05. The maximum absolute atomic E-state index is 13.0. The summed E-state index contributed by atoms with van der Waals surface area (Å²) < 4.78 is 1.50. The van der Waals surface area contributed by atoms with Gasteiger partial charge in [0.05, 0.1) is 18.2 Å². The first kappa shape index (κ1) is 17.2. The Bertz CT molecular complexity index is 945. The van der Waals surface area contributed by atoms with Crippen molar-refractivity contribution in [2.75, 3.05) is 6.54 Å². The lowest BCUT2D eigenvalue weighted by atomic mass is 10.1. The van der Waals surface area contributed by atoms with Crippen LogP contribution in [0.2, 0.25) is 0 Å². The molecule has 8 nitrogen and oxygen atoms in total. The van der Waals surface area contributed by atoms with Crippen LogP contribution in [0.5, 0.6) is 0 Å². The summed E-state index contributed by atoms with van der Waals surface area (Å²) in [7, 11) is 0. The molecule has 3 aromatic heterocycles. The summed E-state index contributed by atoms with van der Waals surface area (Å²) in [5, 5.41) is 4.17. The third-order valence-corrected chi connectivity index (χ3v) is 3.80. The molecule has 0 aliphatic heterocycles. The third kappa shape index (κ3) is 3.42. The number of terminal acetylenes is 1. The number of aromatic nitrogens is 6. The molecule has 0 saturated heterocycles. The van der Waals surface area contributed by atoms with Crippen LogP contribution in [0.1, 0.15) is 34.7 Å². The van der Waals surface area contributed by atoms with Crippen LogP contribution in [0, 0.1) is 19.3 Å². The molecule has 0 spiro atoms. The van der Waals surface area contributed by atoms with Crippen LogP contribution in [0.25, 0.3) is 5.95 Å². The second-order valence-corrected chi connectivity index (χ2v) is 5.64. The third-order valence-electron chi connectivity index (χ3n) is 3.80. The van der Waals surface area contributed by atoms with Gasteiger partial charge >= 0.3 is 0 Å². The van der Waals surface area contributed by atoms with E-state index in [4.69, 9.17) is 6.42 Å². The van der Waals surface area contributed by atoms with Crippen molar-refractivity contribution in [1.82, 2.24) is 34.6 Å². The standard InChI is InChI=1S/C18H17N7O/c1-4-8-24(17(26)15-9-13(2)10-19-11-15)14(3)16-22-12-23-25(16)18-20-6-5-7-21-18/h1,5-7,9-12,14H,8H2,2-3H3. The van der Waals surface area contributed by atoms with E-state index in [0.29, 0.717) is 17.3 Å². The van der Waals surface area contributed by atoms with Crippen LogP contribution in [0.4, 0.5) is 0 Å². The molecule has 0 bridgehead atoms. The fourth-order valence-corrected chi connectivity index (χ4v) is 2.55. The highest BCUT2D eigenvalue weighted by molar-refractivity contribution is 5.94. The molecule has 26 heavy (non-hydrogen) atoms. The summed E-state index contributed by atoms with van der Waals surface area (Å²) in [5.41, 5.74) is 1.36. The van der Waals surface area contributed by atoms with Crippen LogP contribution in [0.15, 0.2) is 43.2 Å². The first-order valence-corrected chi connectivity index (χ1v) is 7.95. The van der Waals surface area contributed by atoms with Gasteiger partial charge in [-0.15, -0.1) is 6.42 Å². The first-order valence-electron chi connectivity index (χ1n) is 7.95. The first-order chi connectivity index (χ1) is 12.6. The van der Waals surface area contributed by atoms with E-state index >= 15 is 0 Å². The monoisotopic (exact) mass is 347 g/mol. The Morgan fingerprint density at radius 3 is 2.77 bits per heavy atom. The molecule has 1 unspecified atom stereocenters. The lowest BCUT2D eigenvalue weighted by Crippen LogP contribution is -2.35. The molecule has 3 rings (SSSR count). The summed E-state index contributed by atoms with van der Waals surface area (Å²) in [4.78, 5) is 31.2. The zero-order valence-electron chi connectivity index (χ0n) is 14.4. The maximum Gasteiger partial charge on any atom is 0.256 e. The van der Waals surface area contributed by atoms with Crippen LogP contribution in [-0.4, -0.2) is 47.1 Å². The molecule has 8 heteroatoms. The Labute approximate surface area is 151 Å². The Hall–Kier alpha value is -3.60. The van der Waals surface area contributed by atoms with Crippen molar-refractivity contribution in [3.8, 4) is 18.3 Å². The van der Waals surface area contributed by atoms with Gasteiger partial charge in [0.15, 0.2) is 5.82 Å². The molecule has 3 heterocycles. The molecule has 0 aliphatic carbocycles. The van der Waals surface area contributed by atoms with E-state index in [0.717, 1.165) is 5.56 Å². The molecular formula is C18H17N7O. The molecule has 1 amide bonds. The van der Waals surface area contributed by atoms with E-state index in [1.165, 1.54) is 17.2 Å². The molecule has 0 aromatic carbocycles. The highest BCUT2D eigenvalue weighted by atomic mass is 16.2. The smallest absolute Gasteiger partial charge is 0.256 e. The van der Waals surface area contributed by atoms with E-state index < -0.39 is 6.04 Å². The van der Waals surface area contributed by atoms with Gasteiger partial charge in [-0.05, 0) is 31.5 Å². The SMILES string of the molecule is C#CCN(C(=O)c1cncc(C)c1)C(C)c1ncnn1-c1ncccn1. The number of amides is 1. The quantitative estimate of drug-likeness (QED) is 0.651. The second kappa shape index (κ2) is 7.53. The second-order valence-electron chi connectivity index (χ2n) is 5.64. The van der Waals surface area contributed by atoms with Crippen LogP contribution < -0.4 is 0 Å². The van der Waals surface area contributed by atoms with Crippen molar-refractivity contribution in [2.24, 2.45) is 0 Å². The lowest BCUT2D eigenvalue weighted by Gasteiger charge is -2.26. The van der Waals surface area contributed by atoms with Gasteiger partial charge in [0.2, 0.25) is 0 Å². The number of pyridine rings is 1. The Balaban J connectivity index is 1.96. The van der Waals surface area contributed by atoms with E-state index in [9.17, 15) is 4.79 Å². The van der Waals surface area contributed by atoms with Gasteiger partial charge in [-0.3, -0.25) is 9.78 Å². The number of rotatable bonds is 5. The zero-order chi connectivity index (χ0) is 18.5.